The molecule has 0 spiro atoms. The van der Waals surface area contributed by atoms with Crippen LogP contribution in [-0.4, -0.2) is 44.6 Å². The Morgan fingerprint density at radius 2 is 1.85 bits per heavy atom. The van der Waals surface area contributed by atoms with E-state index in [2.05, 4.69) is 10.3 Å². The van der Waals surface area contributed by atoms with Crippen molar-refractivity contribution in [1.29, 1.82) is 0 Å². The average molecular weight is 457 g/mol. The van der Waals surface area contributed by atoms with Gasteiger partial charge < -0.3 is 15.3 Å². The van der Waals surface area contributed by atoms with Crippen LogP contribution in [0.3, 0.4) is 0 Å². The van der Waals surface area contributed by atoms with Crippen LogP contribution >= 0.6 is 0 Å². The normalized spacial score (nSPS) is 16.6. The number of hydrogen-bond donors (Lipinski definition) is 2. The molecule has 0 amide bonds. The first-order valence-electron chi connectivity index (χ1n) is 10.7. The molecule has 2 aromatic heterocycles. The van der Waals surface area contributed by atoms with E-state index in [0.717, 1.165) is 0 Å². The number of fused-ring (bicyclic) bond motifs is 1. The summed E-state index contributed by atoms with van der Waals surface area (Å²) in [5.74, 6) is -3.46. The van der Waals surface area contributed by atoms with Gasteiger partial charge in [-0.25, -0.2) is 23.5 Å². The fraction of sp³-hybridized carbons (Fsp3) is 0.391. The fourth-order valence-corrected chi connectivity index (χ4v) is 4.14. The van der Waals surface area contributed by atoms with E-state index in [1.807, 2.05) is 6.92 Å². The number of hydrogen-bond acceptors (Lipinski definition) is 6. The molecule has 8 nitrogen and oxygen atoms in total. The summed E-state index contributed by atoms with van der Waals surface area (Å²) in [4.78, 5) is 35.5. The number of para-hydroxylation sites is 1. The first kappa shape index (κ1) is 22.6. The van der Waals surface area contributed by atoms with Crippen LogP contribution in [0.5, 0.6) is 0 Å². The summed E-state index contributed by atoms with van der Waals surface area (Å²) in [6.07, 6.45) is -0.603. The van der Waals surface area contributed by atoms with Crippen molar-refractivity contribution < 1.29 is 18.7 Å². The standard InChI is InChI=1S/C23H25F2N5O3/c1-13-12-16(14(2)27-17-7-5-4-6-15(17)21(32)33)18-19(26-13)20(31)29(3)22(28-18)30-10-8-23(24,25)9-11-30/h4-7,12,14,27H,8-11H2,1-3H3,(H,32,33). The first-order chi connectivity index (χ1) is 15.6. The quantitative estimate of drug-likeness (QED) is 0.602. The lowest BCUT2D eigenvalue weighted by Crippen LogP contribution is -2.42. The molecule has 10 heteroatoms. The lowest BCUT2D eigenvalue weighted by atomic mass is 10.0. The summed E-state index contributed by atoms with van der Waals surface area (Å²) in [5.41, 5.74) is 2.01. The second-order valence-corrected chi connectivity index (χ2v) is 8.39. The highest BCUT2D eigenvalue weighted by Crippen LogP contribution is 2.31. The third-order valence-electron chi connectivity index (χ3n) is 5.94. The smallest absolute Gasteiger partial charge is 0.337 e. The zero-order valence-corrected chi connectivity index (χ0v) is 18.6. The van der Waals surface area contributed by atoms with E-state index < -0.39 is 17.9 Å². The van der Waals surface area contributed by atoms with E-state index >= 15 is 0 Å². The predicted molar refractivity (Wildman–Crippen MR) is 121 cm³/mol. The van der Waals surface area contributed by atoms with Crippen molar-refractivity contribution in [2.75, 3.05) is 23.3 Å². The molecule has 3 aromatic rings. The topological polar surface area (TPSA) is 100 Å². The Balaban J connectivity index is 1.80. The van der Waals surface area contributed by atoms with Gasteiger partial charge in [0, 0.05) is 49.9 Å². The number of rotatable bonds is 5. The Kier molecular flexibility index (Phi) is 5.77. The van der Waals surface area contributed by atoms with Crippen molar-refractivity contribution >= 4 is 28.6 Å². The number of carboxylic acids is 1. The van der Waals surface area contributed by atoms with Crippen molar-refractivity contribution in [3.63, 3.8) is 0 Å². The Labute approximate surface area is 188 Å². The van der Waals surface area contributed by atoms with Crippen LogP contribution in [0, 0.1) is 6.92 Å². The van der Waals surface area contributed by atoms with Gasteiger partial charge in [-0.1, -0.05) is 12.1 Å². The Bertz CT molecular complexity index is 1280. The van der Waals surface area contributed by atoms with E-state index in [-0.39, 0.29) is 42.6 Å². The number of alkyl halides is 2. The molecule has 0 radical (unpaired) electrons. The van der Waals surface area contributed by atoms with Gasteiger partial charge in [-0.15, -0.1) is 0 Å². The number of aromatic carboxylic acids is 1. The second kappa shape index (κ2) is 8.42. The van der Waals surface area contributed by atoms with Crippen molar-refractivity contribution in [3.8, 4) is 0 Å². The molecule has 1 aliphatic heterocycles. The molecular formula is C23H25F2N5O3. The SMILES string of the molecule is Cc1cc(C(C)Nc2ccccc2C(=O)O)c2nc(N3CCC(F)(F)CC3)n(C)c(=O)c2n1. The molecule has 1 aromatic carbocycles. The van der Waals surface area contributed by atoms with Crippen LogP contribution < -0.4 is 15.8 Å². The molecule has 33 heavy (non-hydrogen) atoms. The number of nitrogens with one attached hydrogen (secondary N) is 1. The van der Waals surface area contributed by atoms with E-state index in [9.17, 15) is 23.5 Å². The number of carbonyl (C=O) groups is 1. The summed E-state index contributed by atoms with van der Waals surface area (Å²) in [6.45, 7) is 3.79. The lowest BCUT2D eigenvalue weighted by molar-refractivity contribution is -0.0223. The molecule has 0 saturated carbocycles. The second-order valence-electron chi connectivity index (χ2n) is 8.39. The van der Waals surface area contributed by atoms with Gasteiger partial charge in [0.2, 0.25) is 5.95 Å². The van der Waals surface area contributed by atoms with Crippen LogP contribution in [0.2, 0.25) is 0 Å². The number of anilines is 2. The molecule has 1 saturated heterocycles. The highest BCUT2D eigenvalue weighted by molar-refractivity contribution is 5.94. The number of benzene rings is 1. The number of halogens is 2. The number of pyridine rings is 1. The molecule has 3 heterocycles. The summed E-state index contributed by atoms with van der Waals surface area (Å²) >= 11 is 0. The highest BCUT2D eigenvalue weighted by atomic mass is 19.3. The molecule has 1 aliphatic rings. The van der Waals surface area contributed by atoms with Gasteiger partial charge in [0.1, 0.15) is 5.52 Å². The third kappa shape index (κ3) is 4.37. The van der Waals surface area contributed by atoms with Crippen molar-refractivity contribution in [1.82, 2.24) is 14.5 Å². The Morgan fingerprint density at radius 1 is 1.18 bits per heavy atom. The van der Waals surface area contributed by atoms with Crippen LogP contribution in [-0.2, 0) is 7.05 Å². The fourth-order valence-electron chi connectivity index (χ4n) is 4.14. The average Bonchev–Trinajstić information content (AvgIpc) is 2.76. The van der Waals surface area contributed by atoms with E-state index in [1.165, 1.54) is 10.6 Å². The molecule has 0 bridgehead atoms. The van der Waals surface area contributed by atoms with Crippen LogP contribution in [0.15, 0.2) is 35.1 Å². The van der Waals surface area contributed by atoms with Gasteiger partial charge in [0.25, 0.3) is 11.5 Å². The Hall–Kier alpha value is -3.56. The number of aromatic nitrogens is 3. The molecule has 1 unspecified atom stereocenters. The zero-order chi connectivity index (χ0) is 23.9. The van der Waals surface area contributed by atoms with Crippen molar-refractivity contribution in [2.45, 2.75) is 38.7 Å². The van der Waals surface area contributed by atoms with Gasteiger partial charge in [-0.2, -0.15) is 0 Å². The minimum absolute atomic E-state index is 0.0905. The van der Waals surface area contributed by atoms with Gasteiger partial charge in [0.15, 0.2) is 5.52 Å². The number of aryl methyl sites for hydroxylation is 1. The summed E-state index contributed by atoms with van der Waals surface area (Å²) < 4.78 is 28.7. The highest BCUT2D eigenvalue weighted by Gasteiger charge is 2.35. The van der Waals surface area contributed by atoms with Gasteiger partial charge in [-0.05, 0) is 32.0 Å². The maximum Gasteiger partial charge on any atom is 0.337 e. The number of carboxylic acid groups (broad SMARTS) is 1. The maximum absolute atomic E-state index is 13.7. The van der Waals surface area contributed by atoms with Gasteiger partial charge >= 0.3 is 5.97 Å². The van der Waals surface area contributed by atoms with Crippen LogP contribution in [0.1, 0.15) is 47.4 Å². The molecule has 174 valence electrons. The lowest BCUT2D eigenvalue weighted by Gasteiger charge is -2.33. The zero-order valence-electron chi connectivity index (χ0n) is 18.6. The molecule has 4 rings (SSSR count). The van der Waals surface area contributed by atoms with Crippen molar-refractivity contribution in [3.05, 3.63) is 57.5 Å². The minimum Gasteiger partial charge on any atom is -0.478 e. The predicted octanol–water partition coefficient (Wildman–Crippen LogP) is 3.74. The first-order valence-corrected chi connectivity index (χ1v) is 10.7. The number of nitrogens with zero attached hydrogens (tertiary/aromatic N) is 4. The van der Waals surface area contributed by atoms with Crippen molar-refractivity contribution in [2.24, 2.45) is 7.05 Å². The van der Waals surface area contributed by atoms with E-state index in [1.54, 1.807) is 43.1 Å². The van der Waals surface area contributed by atoms with Gasteiger partial charge in [0.05, 0.1) is 11.6 Å². The largest absolute Gasteiger partial charge is 0.478 e. The van der Waals surface area contributed by atoms with Crippen LogP contribution in [0.4, 0.5) is 20.4 Å². The monoisotopic (exact) mass is 457 g/mol. The summed E-state index contributed by atoms with van der Waals surface area (Å²) in [7, 11) is 1.56. The molecule has 0 aliphatic carbocycles. The summed E-state index contributed by atoms with van der Waals surface area (Å²) in [6, 6.07) is 7.94. The maximum atomic E-state index is 13.7. The number of piperidine rings is 1. The molecular weight excluding hydrogens is 432 g/mol. The molecule has 1 fully saturated rings. The molecule has 2 N–H and O–H groups in total. The molecule has 1 atom stereocenters. The third-order valence-corrected chi connectivity index (χ3v) is 5.94. The van der Waals surface area contributed by atoms with Crippen LogP contribution in [0.25, 0.3) is 11.0 Å². The van der Waals surface area contributed by atoms with Gasteiger partial charge in [-0.3, -0.25) is 9.36 Å². The summed E-state index contributed by atoms with van der Waals surface area (Å²) in [5, 5.41) is 12.7. The van der Waals surface area contributed by atoms with E-state index in [0.29, 0.717) is 28.4 Å². The Morgan fingerprint density at radius 3 is 2.52 bits per heavy atom. The van der Waals surface area contributed by atoms with E-state index in [4.69, 9.17) is 4.98 Å². The minimum atomic E-state index is -2.72.